The zero-order valence-electron chi connectivity index (χ0n) is 8.78. The van der Waals surface area contributed by atoms with Gasteiger partial charge in [-0.15, -0.1) is 6.58 Å². The van der Waals surface area contributed by atoms with E-state index in [4.69, 9.17) is 0 Å². The average Bonchev–Trinajstić information content (AvgIpc) is 2.51. The molecule has 1 aliphatic rings. The molecular weight excluding hydrogens is 192 g/mol. The lowest BCUT2D eigenvalue weighted by molar-refractivity contribution is -0.153. The molecule has 0 spiro atoms. The Labute approximate surface area is 89.8 Å². The first-order valence-electron chi connectivity index (χ1n) is 5.24. The van der Waals surface area contributed by atoms with Gasteiger partial charge in [0.05, 0.1) is 12.3 Å². The molecule has 0 unspecified atom stereocenters. The highest BCUT2D eigenvalue weighted by Crippen LogP contribution is 2.19. The highest BCUT2D eigenvalue weighted by Gasteiger charge is 2.31. The molecule has 0 saturated carbocycles. The van der Waals surface area contributed by atoms with Crippen LogP contribution in [0.3, 0.4) is 0 Å². The summed E-state index contributed by atoms with van der Waals surface area (Å²) in [5.41, 5.74) is 0. The third-order valence-corrected chi connectivity index (χ3v) is 2.33. The molecular formula is C12H16O3. The molecule has 1 rings (SSSR count). The smallest absolute Gasteiger partial charge is 0.317 e. The maximum absolute atomic E-state index is 11.1. The maximum atomic E-state index is 11.1. The molecule has 1 atom stereocenters. The van der Waals surface area contributed by atoms with E-state index in [1.54, 1.807) is 0 Å². The molecule has 0 bridgehead atoms. The van der Waals surface area contributed by atoms with Crippen molar-refractivity contribution in [2.24, 2.45) is 5.92 Å². The van der Waals surface area contributed by atoms with Crippen LogP contribution in [0.25, 0.3) is 0 Å². The minimum absolute atomic E-state index is 0.232. The van der Waals surface area contributed by atoms with Crippen molar-refractivity contribution in [3.63, 3.8) is 0 Å². The van der Waals surface area contributed by atoms with Crippen LogP contribution in [-0.4, -0.2) is 11.9 Å². The standard InChI is InChI=1S/C12H16O3/c1-2-3-4-5-6-7-8-10-9-11(13)15-12(10)14/h2,6-7,10H,1,3-5,8-9H2/b7-6-/t10-/m0/s1. The van der Waals surface area contributed by atoms with Gasteiger partial charge < -0.3 is 4.74 Å². The Balaban J connectivity index is 2.16. The fourth-order valence-corrected chi connectivity index (χ4v) is 1.46. The van der Waals surface area contributed by atoms with Gasteiger partial charge in [0.2, 0.25) is 0 Å². The fraction of sp³-hybridized carbons (Fsp3) is 0.500. The molecule has 82 valence electrons. The fourth-order valence-electron chi connectivity index (χ4n) is 1.46. The predicted octanol–water partition coefficient (Wildman–Crippen LogP) is 2.38. The van der Waals surface area contributed by atoms with Gasteiger partial charge in [-0.05, 0) is 25.7 Å². The first-order chi connectivity index (χ1) is 7.24. The Morgan fingerprint density at radius 1 is 1.33 bits per heavy atom. The quantitative estimate of drug-likeness (QED) is 0.291. The zero-order chi connectivity index (χ0) is 11.1. The average molecular weight is 208 g/mol. The van der Waals surface area contributed by atoms with Gasteiger partial charge in [-0.3, -0.25) is 9.59 Å². The molecule has 1 saturated heterocycles. The summed E-state index contributed by atoms with van der Waals surface area (Å²) in [6.07, 6.45) is 9.80. The molecule has 0 amide bonds. The number of ether oxygens (including phenoxy) is 1. The number of carbonyl (C=O) groups excluding carboxylic acids is 2. The number of rotatable bonds is 6. The summed E-state index contributed by atoms with van der Waals surface area (Å²) in [5, 5.41) is 0. The molecule has 0 radical (unpaired) electrons. The Morgan fingerprint density at radius 3 is 2.73 bits per heavy atom. The second kappa shape index (κ2) is 6.17. The van der Waals surface area contributed by atoms with E-state index in [9.17, 15) is 9.59 Å². The van der Waals surface area contributed by atoms with E-state index < -0.39 is 5.97 Å². The maximum Gasteiger partial charge on any atom is 0.317 e. The first kappa shape index (κ1) is 11.7. The molecule has 0 aromatic heterocycles. The SMILES string of the molecule is C=CCCC/C=C\C[C@H]1CC(=O)OC1=O. The topological polar surface area (TPSA) is 43.4 Å². The third-order valence-electron chi connectivity index (χ3n) is 2.33. The number of carbonyl (C=O) groups is 2. The number of allylic oxidation sites excluding steroid dienone is 3. The van der Waals surface area contributed by atoms with Crippen LogP contribution in [0.1, 0.15) is 32.1 Å². The molecule has 0 aliphatic carbocycles. The van der Waals surface area contributed by atoms with Crippen LogP contribution >= 0.6 is 0 Å². The molecule has 1 aliphatic heterocycles. The second-order valence-corrected chi connectivity index (χ2v) is 3.62. The number of cyclic esters (lactones) is 2. The third kappa shape index (κ3) is 4.11. The molecule has 1 fully saturated rings. The van der Waals surface area contributed by atoms with Gasteiger partial charge in [0.1, 0.15) is 0 Å². The lowest BCUT2D eigenvalue weighted by Gasteiger charge is -1.97. The van der Waals surface area contributed by atoms with Crippen LogP contribution in [0.15, 0.2) is 24.8 Å². The van der Waals surface area contributed by atoms with Gasteiger partial charge in [0.15, 0.2) is 0 Å². The number of esters is 2. The molecule has 0 aromatic rings. The minimum Gasteiger partial charge on any atom is -0.393 e. The van der Waals surface area contributed by atoms with Crippen LogP contribution < -0.4 is 0 Å². The van der Waals surface area contributed by atoms with E-state index >= 15 is 0 Å². The molecule has 3 nitrogen and oxygen atoms in total. The van der Waals surface area contributed by atoms with E-state index in [2.05, 4.69) is 11.3 Å². The molecule has 0 N–H and O–H groups in total. The van der Waals surface area contributed by atoms with Gasteiger partial charge in [0.25, 0.3) is 0 Å². The Morgan fingerprint density at radius 2 is 2.13 bits per heavy atom. The zero-order valence-corrected chi connectivity index (χ0v) is 8.78. The van der Waals surface area contributed by atoms with Crippen molar-refractivity contribution < 1.29 is 14.3 Å². The number of hydrogen-bond acceptors (Lipinski definition) is 3. The summed E-state index contributed by atoms with van der Waals surface area (Å²) in [6.45, 7) is 3.64. The summed E-state index contributed by atoms with van der Waals surface area (Å²) in [7, 11) is 0. The predicted molar refractivity (Wildman–Crippen MR) is 57.0 cm³/mol. The van der Waals surface area contributed by atoms with E-state index in [1.165, 1.54) is 0 Å². The van der Waals surface area contributed by atoms with Crippen molar-refractivity contribution in [3.8, 4) is 0 Å². The molecule has 3 heteroatoms. The lowest BCUT2D eigenvalue weighted by Crippen LogP contribution is -2.05. The van der Waals surface area contributed by atoms with Crippen LogP contribution in [-0.2, 0) is 14.3 Å². The molecule has 1 heterocycles. The van der Waals surface area contributed by atoms with Crippen molar-refractivity contribution >= 4 is 11.9 Å². The molecule has 15 heavy (non-hydrogen) atoms. The number of hydrogen-bond donors (Lipinski definition) is 0. The Hall–Kier alpha value is -1.38. The van der Waals surface area contributed by atoms with Crippen LogP contribution in [0, 0.1) is 5.92 Å². The normalized spacial score (nSPS) is 20.9. The lowest BCUT2D eigenvalue weighted by atomic mass is 10.0. The summed E-state index contributed by atoms with van der Waals surface area (Å²) in [4.78, 5) is 21.8. The van der Waals surface area contributed by atoms with Crippen LogP contribution in [0.5, 0.6) is 0 Å². The van der Waals surface area contributed by atoms with Crippen LogP contribution in [0.4, 0.5) is 0 Å². The van der Waals surface area contributed by atoms with E-state index in [1.807, 2.05) is 18.2 Å². The van der Waals surface area contributed by atoms with Gasteiger partial charge >= 0.3 is 11.9 Å². The molecule has 0 aromatic carbocycles. The van der Waals surface area contributed by atoms with Crippen molar-refractivity contribution in [3.05, 3.63) is 24.8 Å². The number of unbranched alkanes of at least 4 members (excludes halogenated alkanes) is 2. The van der Waals surface area contributed by atoms with Crippen molar-refractivity contribution in [1.82, 2.24) is 0 Å². The van der Waals surface area contributed by atoms with Crippen LogP contribution in [0.2, 0.25) is 0 Å². The second-order valence-electron chi connectivity index (χ2n) is 3.62. The highest BCUT2D eigenvalue weighted by atomic mass is 16.6. The Bertz CT molecular complexity index is 279. The summed E-state index contributed by atoms with van der Waals surface area (Å²) in [6, 6.07) is 0. The van der Waals surface area contributed by atoms with Gasteiger partial charge in [-0.2, -0.15) is 0 Å². The van der Waals surface area contributed by atoms with Crippen molar-refractivity contribution in [2.45, 2.75) is 32.1 Å². The van der Waals surface area contributed by atoms with Crippen molar-refractivity contribution in [2.75, 3.05) is 0 Å². The summed E-state index contributed by atoms with van der Waals surface area (Å²) in [5.74, 6) is -1.03. The first-order valence-corrected chi connectivity index (χ1v) is 5.24. The highest BCUT2D eigenvalue weighted by molar-refractivity contribution is 5.94. The van der Waals surface area contributed by atoms with Gasteiger partial charge in [0, 0.05) is 0 Å². The summed E-state index contributed by atoms with van der Waals surface area (Å²) >= 11 is 0. The minimum atomic E-state index is -0.398. The van der Waals surface area contributed by atoms with E-state index in [0.717, 1.165) is 19.3 Å². The monoisotopic (exact) mass is 208 g/mol. The van der Waals surface area contributed by atoms with E-state index in [-0.39, 0.29) is 18.3 Å². The Kier molecular flexibility index (Phi) is 4.81. The van der Waals surface area contributed by atoms with E-state index in [0.29, 0.717) is 6.42 Å². The summed E-state index contributed by atoms with van der Waals surface area (Å²) < 4.78 is 4.44. The van der Waals surface area contributed by atoms with Gasteiger partial charge in [-0.25, -0.2) is 0 Å². The van der Waals surface area contributed by atoms with Gasteiger partial charge in [-0.1, -0.05) is 18.2 Å². The largest absolute Gasteiger partial charge is 0.393 e. The van der Waals surface area contributed by atoms with Crippen molar-refractivity contribution in [1.29, 1.82) is 0 Å².